The minimum absolute atomic E-state index is 0.0879. The van der Waals surface area contributed by atoms with Gasteiger partial charge in [0.25, 0.3) is 0 Å². The SMILES string of the molecule is Cc1ccc(C)c([C@H](N)CCN)c1. The molecule has 0 aliphatic carbocycles. The summed E-state index contributed by atoms with van der Waals surface area (Å²) in [5.74, 6) is 0. The van der Waals surface area contributed by atoms with Crippen LogP contribution >= 0.6 is 0 Å². The fourth-order valence-electron chi connectivity index (χ4n) is 1.49. The highest BCUT2D eigenvalue weighted by Crippen LogP contribution is 2.19. The predicted molar refractivity (Wildman–Crippen MR) is 56.5 cm³/mol. The lowest BCUT2D eigenvalue weighted by Crippen LogP contribution is -2.16. The minimum atomic E-state index is 0.0879. The van der Waals surface area contributed by atoms with Crippen LogP contribution in [0.1, 0.15) is 29.2 Å². The molecule has 0 spiro atoms. The number of hydrogen-bond donors (Lipinski definition) is 2. The molecular weight excluding hydrogens is 160 g/mol. The minimum Gasteiger partial charge on any atom is -0.330 e. The van der Waals surface area contributed by atoms with Gasteiger partial charge in [-0.2, -0.15) is 0 Å². The largest absolute Gasteiger partial charge is 0.330 e. The van der Waals surface area contributed by atoms with Gasteiger partial charge in [0, 0.05) is 6.04 Å². The molecule has 0 radical (unpaired) electrons. The van der Waals surface area contributed by atoms with E-state index >= 15 is 0 Å². The van der Waals surface area contributed by atoms with Crippen molar-refractivity contribution in [3.05, 3.63) is 34.9 Å². The van der Waals surface area contributed by atoms with Crippen LogP contribution in [0.2, 0.25) is 0 Å². The topological polar surface area (TPSA) is 52.0 Å². The molecule has 13 heavy (non-hydrogen) atoms. The standard InChI is InChI=1S/C11H18N2/c1-8-3-4-9(2)10(7-8)11(13)5-6-12/h3-4,7,11H,5-6,12-13H2,1-2H3/t11-/m1/s1. The zero-order valence-electron chi connectivity index (χ0n) is 8.38. The van der Waals surface area contributed by atoms with Gasteiger partial charge in [-0.1, -0.05) is 23.8 Å². The van der Waals surface area contributed by atoms with E-state index in [-0.39, 0.29) is 6.04 Å². The fourth-order valence-corrected chi connectivity index (χ4v) is 1.49. The van der Waals surface area contributed by atoms with Gasteiger partial charge in [0.1, 0.15) is 0 Å². The first-order valence-corrected chi connectivity index (χ1v) is 4.68. The average molecular weight is 178 g/mol. The quantitative estimate of drug-likeness (QED) is 0.739. The number of rotatable bonds is 3. The zero-order valence-corrected chi connectivity index (χ0v) is 8.38. The molecule has 2 heteroatoms. The molecule has 0 amide bonds. The first-order chi connectivity index (χ1) is 6.15. The second-order valence-corrected chi connectivity index (χ2v) is 3.54. The van der Waals surface area contributed by atoms with Crippen molar-refractivity contribution in [1.82, 2.24) is 0 Å². The van der Waals surface area contributed by atoms with Crippen LogP contribution in [-0.4, -0.2) is 6.54 Å². The van der Waals surface area contributed by atoms with Gasteiger partial charge in [0.05, 0.1) is 0 Å². The van der Waals surface area contributed by atoms with Crippen LogP contribution in [0.5, 0.6) is 0 Å². The summed E-state index contributed by atoms with van der Waals surface area (Å²) in [6, 6.07) is 6.45. The van der Waals surface area contributed by atoms with Gasteiger partial charge in [0.15, 0.2) is 0 Å². The second kappa shape index (κ2) is 4.40. The lowest BCUT2D eigenvalue weighted by atomic mass is 9.97. The van der Waals surface area contributed by atoms with Gasteiger partial charge in [-0.25, -0.2) is 0 Å². The molecule has 0 unspecified atom stereocenters. The molecule has 1 rings (SSSR count). The molecule has 1 atom stereocenters. The molecule has 4 N–H and O–H groups in total. The monoisotopic (exact) mass is 178 g/mol. The molecule has 0 aromatic heterocycles. The van der Waals surface area contributed by atoms with Crippen molar-refractivity contribution in [2.45, 2.75) is 26.3 Å². The van der Waals surface area contributed by atoms with E-state index in [4.69, 9.17) is 11.5 Å². The van der Waals surface area contributed by atoms with E-state index in [0.29, 0.717) is 6.54 Å². The lowest BCUT2D eigenvalue weighted by Gasteiger charge is -2.14. The van der Waals surface area contributed by atoms with Gasteiger partial charge >= 0.3 is 0 Å². The van der Waals surface area contributed by atoms with Crippen molar-refractivity contribution in [2.24, 2.45) is 11.5 Å². The van der Waals surface area contributed by atoms with Crippen LogP contribution in [-0.2, 0) is 0 Å². The van der Waals surface area contributed by atoms with Crippen molar-refractivity contribution in [3.63, 3.8) is 0 Å². The molecule has 0 heterocycles. The Kier molecular flexibility index (Phi) is 3.46. The van der Waals surface area contributed by atoms with Crippen molar-refractivity contribution in [2.75, 3.05) is 6.54 Å². The van der Waals surface area contributed by atoms with Gasteiger partial charge in [0.2, 0.25) is 0 Å². The van der Waals surface area contributed by atoms with Gasteiger partial charge in [-0.3, -0.25) is 0 Å². The Balaban J connectivity index is 2.91. The predicted octanol–water partition coefficient (Wildman–Crippen LogP) is 1.65. The Bertz CT molecular complexity index is 281. The van der Waals surface area contributed by atoms with E-state index in [1.165, 1.54) is 16.7 Å². The highest BCUT2D eigenvalue weighted by molar-refractivity contribution is 5.32. The van der Waals surface area contributed by atoms with E-state index in [1.807, 2.05) is 0 Å². The van der Waals surface area contributed by atoms with Gasteiger partial charge in [-0.05, 0) is 37.9 Å². The molecule has 2 nitrogen and oxygen atoms in total. The fraction of sp³-hybridized carbons (Fsp3) is 0.455. The Morgan fingerprint density at radius 2 is 2.00 bits per heavy atom. The molecule has 1 aromatic carbocycles. The third kappa shape index (κ3) is 2.54. The zero-order chi connectivity index (χ0) is 9.84. The molecule has 0 fully saturated rings. The Hall–Kier alpha value is -0.860. The van der Waals surface area contributed by atoms with E-state index in [2.05, 4.69) is 32.0 Å². The second-order valence-electron chi connectivity index (χ2n) is 3.54. The summed E-state index contributed by atoms with van der Waals surface area (Å²) in [6.07, 6.45) is 0.851. The Morgan fingerprint density at radius 3 is 2.62 bits per heavy atom. The first-order valence-electron chi connectivity index (χ1n) is 4.68. The number of hydrogen-bond acceptors (Lipinski definition) is 2. The Labute approximate surface area is 79.9 Å². The summed E-state index contributed by atoms with van der Waals surface area (Å²) < 4.78 is 0. The maximum atomic E-state index is 6.00. The van der Waals surface area contributed by atoms with Crippen LogP contribution in [0.15, 0.2) is 18.2 Å². The van der Waals surface area contributed by atoms with E-state index in [0.717, 1.165) is 6.42 Å². The molecule has 0 saturated heterocycles. The molecule has 0 saturated carbocycles. The van der Waals surface area contributed by atoms with Crippen molar-refractivity contribution < 1.29 is 0 Å². The normalized spacial score (nSPS) is 12.9. The van der Waals surface area contributed by atoms with Crippen LogP contribution < -0.4 is 11.5 Å². The van der Waals surface area contributed by atoms with Crippen molar-refractivity contribution >= 4 is 0 Å². The molecule has 1 aromatic rings. The summed E-state index contributed by atoms with van der Waals surface area (Å²) in [5, 5.41) is 0. The third-order valence-electron chi connectivity index (χ3n) is 2.31. The summed E-state index contributed by atoms with van der Waals surface area (Å²) in [5.41, 5.74) is 15.2. The summed E-state index contributed by atoms with van der Waals surface area (Å²) >= 11 is 0. The van der Waals surface area contributed by atoms with Crippen LogP contribution in [0.3, 0.4) is 0 Å². The highest BCUT2D eigenvalue weighted by atomic mass is 14.7. The van der Waals surface area contributed by atoms with Crippen LogP contribution in [0.25, 0.3) is 0 Å². The first kappa shape index (κ1) is 10.2. The molecule has 72 valence electrons. The summed E-state index contributed by atoms with van der Waals surface area (Å²) in [7, 11) is 0. The van der Waals surface area contributed by atoms with Crippen LogP contribution in [0.4, 0.5) is 0 Å². The summed E-state index contributed by atoms with van der Waals surface area (Å²) in [6.45, 7) is 4.82. The van der Waals surface area contributed by atoms with Gasteiger partial charge < -0.3 is 11.5 Å². The molecule has 0 aliphatic heterocycles. The average Bonchev–Trinajstić information content (AvgIpc) is 2.09. The number of aryl methyl sites for hydroxylation is 2. The highest BCUT2D eigenvalue weighted by Gasteiger charge is 2.07. The number of nitrogens with two attached hydrogens (primary N) is 2. The summed E-state index contributed by atoms with van der Waals surface area (Å²) in [4.78, 5) is 0. The molecule has 0 bridgehead atoms. The maximum absolute atomic E-state index is 6.00. The van der Waals surface area contributed by atoms with Crippen molar-refractivity contribution in [1.29, 1.82) is 0 Å². The molecule has 0 aliphatic rings. The lowest BCUT2D eigenvalue weighted by molar-refractivity contribution is 0.657. The van der Waals surface area contributed by atoms with Crippen LogP contribution in [0, 0.1) is 13.8 Å². The van der Waals surface area contributed by atoms with Gasteiger partial charge in [-0.15, -0.1) is 0 Å². The Morgan fingerprint density at radius 1 is 1.31 bits per heavy atom. The maximum Gasteiger partial charge on any atom is 0.0309 e. The van der Waals surface area contributed by atoms with Crippen molar-refractivity contribution in [3.8, 4) is 0 Å². The van der Waals surface area contributed by atoms with E-state index in [9.17, 15) is 0 Å². The van der Waals surface area contributed by atoms with E-state index < -0.39 is 0 Å². The third-order valence-corrected chi connectivity index (χ3v) is 2.31. The smallest absolute Gasteiger partial charge is 0.0309 e. The molecular formula is C11H18N2. The number of benzene rings is 1. The van der Waals surface area contributed by atoms with E-state index in [1.54, 1.807) is 0 Å².